The molecule has 0 aliphatic heterocycles. The molecule has 2 aromatic carbocycles. The van der Waals surface area contributed by atoms with Gasteiger partial charge in [0.1, 0.15) is 29.5 Å². The predicted molar refractivity (Wildman–Crippen MR) is 148 cm³/mol. The van der Waals surface area contributed by atoms with Crippen molar-refractivity contribution in [1.82, 2.24) is 15.6 Å². The van der Waals surface area contributed by atoms with E-state index in [0.717, 1.165) is 29.7 Å². The summed E-state index contributed by atoms with van der Waals surface area (Å²) in [7, 11) is -2.24. The fourth-order valence-electron chi connectivity index (χ4n) is 3.96. The summed E-state index contributed by atoms with van der Waals surface area (Å²) in [4.78, 5) is 29.7. The molecule has 1 heterocycles. The summed E-state index contributed by atoms with van der Waals surface area (Å²) >= 11 is 0.838. The molecule has 0 radical (unpaired) electrons. The van der Waals surface area contributed by atoms with Crippen molar-refractivity contribution in [2.45, 2.75) is 37.1 Å². The number of halogens is 2. The van der Waals surface area contributed by atoms with Crippen LogP contribution in [-0.2, 0) is 21.2 Å². The zero-order chi connectivity index (χ0) is 30.2. The molecule has 0 bridgehead atoms. The normalized spacial score (nSPS) is 14.5. The van der Waals surface area contributed by atoms with Crippen molar-refractivity contribution in [2.24, 2.45) is 0 Å². The summed E-state index contributed by atoms with van der Waals surface area (Å²) < 4.78 is 58.0. The molecule has 0 aliphatic carbocycles. The Kier molecular flexibility index (Phi) is 11.3. The predicted octanol–water partition coefficient (Wildman–Crippen LogP) is 1.69. The number of hydrogen-bond donors (Lipinski definition) is 5. The van der Waals surface area contributed by atoms with Gasteiger partial charge >= 0.3 is 0 Å². The summed E-state index contributed by atoms with van der Waals surface area (Å²) in [6, 6.07) is 8.47. The number of hydrogen-bond acceptors (Lipinski definition) is 9. The first-order valence-corrected chi connectivity index (χ1v) is 15.0. The van der Waals surface area contributed by atoms with Gasteiger partial charge < -0.3 is 25.6 Å². The highest BCUT2D eigenvalue weighted by Crippen LogP contribution is 2.19. The molecule has 41 heavy (non-hydrogen) atoms. The average molecular weight is 613 g/mol. The largest absolute Gasteiger partial charge is 0.388 e. The van der Waals surface area contributed by atoms with Gasteiger partial charge in [-0.15, -0.1) is 11.3 Å². The number of anilines is 1. The summed E-state index contributed by atoms with van der Waals surface area (Å²) in [6.07, 6.45) is -2.75. The van der Waals surface area contributed by atoms with Gasteiger partial charge in [-0.3, -0.25) is 14.3 Å². The first-order chi connectivity index (χ1) is 19.4. The van der Waals surface area contributed by atoms with Crippen LogP contribution in [0.2, 0.25) is 0 Å². The van der Waals surface area contributed by atoms with Gasteiger partial charge in [-0.05, 0) is 42.7 Å². The van der Waals surface area contributed by atoms with Crippen LogP contribution in [0.25, 0.3) is 0 Å². The highest BCUT2D eigenvalue weighted by atomic mass is 32.2. The molecule has 222 valence electrons. The van der Waals surface area contributed by atoms with Crippen molar-refractivity contribution >= 4 is 38.3 Å². The fraction of sp³-hybridized carbons (Fsp3) is 0.346. The number of aliphatic hydroxyl groups excluding tert-OH is 2. The Morgan fingerprint density at radius 2 is 1.61 bits per heavy atom. The number of rotatable bonds is 14. The second kappa shape index (κ2) is 14.4. The summed E-state index contributed by atoms with van der Waals surface area (Å²) in [5.74, 6) is -3.15. The van der Waals surface area contributed by atoms with Gasteiger partial charge in [0.05, 0.1) is 18.3 Å². The van der Waals surface area contributed by atoms with E-state index in [4.69, 9.17) is 4.74 Å². The molecule has 4 atom stereocenters. The molecule has 1 aromatic heterocycles. The Balaban J connectivity index is 1.87. The fourth-order valence-corrected chi connectivity index (χ4v) is 5.50. The molecule has 3 aromatic rings. The third-order valence-electron chi connectivity index (χ3n) is 5.86. The monoisotopic (exact) mass is 612 g/mol. The Labute approximate surface area is 239 Å². The van der Waals surface area contributed by atoms with E-state index >= 15 is 0 Å². The topological polar surface area (TPSA) is 167 Å². The van der Waals surface area contributed by atoms with E-state index in [9.17, 15) is 37.0 Å². The second-order valence-corrected chi connectivity index (χ2v) is 11.8. The Hall–Kier alpha value is -3.50. The van der Waals surface area contributed by atoms with Crippen molar-refractivity contribution in [3.63, 3.8) is 0 Å². The van der Waals surface area contributed by atoms with Crippen molar-refractivity contribution in [1.29, 1.82) is 0 Å². The van der Waals surface area contributed by atoms with Crippen molar-refractivity contribution in [3.8, 4) is 0 Å². The van der Waals surface area contributed by atoms with E-state index < -0.39 is 57.8 Å². The van der Waals surface area contributed by atoms with Crippen LogP contribution in [0, 0.1) is 11.6 Å². The summed E-state index contributed by atoms with van der Waals surface area (Å²) in [5, 5.41) is 28.7. The number of carbonyl (C=O) groups excluding carboxylic acids is 2. The van der Waals surface area contributed by atoms with E-state index in [1.807, 2.05) is 0 Å². The first-order valence-electron chi connectivity index (χ1n) is 12.3. The highest BCUT2D eigenvalue weighted by Gasteiger charge is 2.35. The van der Waals surface area contributed by atoms with Gasteiger partial charge in [0.25, 0.3) is 11.8 Å². The van der Waals surface area contributed by atoms with Gasteiger partial charge in [0.15, 0.2) is 5.13 Å². The third kappa shape index (κ3) is 9.82. The number of sulfonamides is 1. The number of nitrogens with zero attached hydrogens (tertiary/aromatic N) is 1. The lowest BCUT2D eigenvalue weighted by Crippen LogP contribution is -2.57. The maximum absolute atomic E-state index is 13.9. The van der Waals surface area contributed by atoms with E-state index in [1.165, 1.54) is 12.5 Å². The molecule has 0 spiro atoms. The zero-order valence-electron chi connectivity index (χ0n) is 22.1. The lowest BCUT2D eigenvalue weighted by Gasteiger charge is -2.33. The van der Waals surface area contributed by atoms with Gasteiger partial charge in [-0.1, -0.05) is 18.2 Å². The lowest BCUT2D eigenvalue weighted by molar-refractivity contribution is -0.0269. The van der Waals surface area contributed by atoms with Crippen molar-refractivity contribution in [2.75, 3.05) is 24.7 Å². The maximum atomic E-state index is 13.9. The first kappa shape index (κ1) is 32.0. The van der Waals surface area contributed by atoms with Gasteiger partial charge in [-0.25, -0.2) is 22.2 Å². The smallest absolute Gasteiger partial charge is 0.271 e. The lowest BCUT2D eigenvalue weighted by atomic mass is 9.92. The standard InChI is InChI=1S/C26H30F2N4O7S2/c1-39-9-8-19(29-24(35)16-6-4-3-5-7-16)22(33)23(34)20(12-15-10-17(27)13-18(28)11-15)30-25(36)21-14-40-26(31-21)32-41(2,37)38/h3-7,10-11,13-14,19-20,22-23,33-34H,8-9,12H2,1-2H3,(H,29,35)(H,30,36)(H,31,32)/t19-,20+,22-,23-/m1/s1. The van der Waals surface area contributed by atoms with Gasteiger partial charge in [0, 0.05) is 30.7 Å². The number of aliphatic hydroxyl groups is 2. The summed E-state index contributed by atoms with van der Waals surface area (Å²) in [5.41, 5.74) is 0.170. The minimum atomic E-state index is -3.66. The van der Waals surface area contributed by atoms with Crippen LogP contribution in [0.3, 0.4) is 0 Å². The number of ether oxygens (including phenoxy) is 1. The van der Waals surface area contributed by atoms with Crippen LogP contribution >= 0.6 is 11.3 Å². The molecule has 15 heteroatoms. The minimum absolute atomic E-state index is 0.0681. The van der Waals surface area contributed by atoms with Gasteiger partial charge in [-0.2, -0.15) is 0 Å². The molecular formula is C26H30F2N4O7S2. The quantitative estimate of drug-likeness (QED) is 0.183. The molecular weight excluding hydrogens is 582 g/mol. The number of benzene rings is 2. The Morgan fingerprint density at radius 1 is 1.00 bits per heavy atom. The minimum Gasteiger partial charge on any atom is -0.388 e. The number of amides is 2. The Morgan fingerprint density at radius 3 is 2.22 bits per heavy atom. The van der Waals surface area contributed by atoms with Crippen molar-refractivity contribution < 1.29 is 41.7 Å². The zero-order valence-corrected chi connectivity index (χ0v) is 23.7. The number of aromatic nitrogens is 1. The van der Waals surface area contributed by atoms with Gasteiger partial charge in [0.2, 0.25) is 10.0 Å². The molecule has 2 amide bonds. The number of thiazole rings is 1. The molecule has 0 saturated heterocycles. The number of carbonyl (C=O) groups is 2. The molecule has 0 aliphatic rings. The summed E-state index contributed by atoms with van der Waals surface area (Å²) in [6.45, 7) is 0.102. The maximum Gasteiger partial charge on any atom is 0.271 e. The molecule has 0 unspecified atom stereocenters. The van der Waals surface area contributed by atoms with E-state index in [0.29, 0.717) is 11.6 Å². The second-order valence-electron chi connectivity index (χ2n) is 9.18. The number of nitrogens with one attached hydrogen (secondary N) is 3. The van der Waals surface area contributed by atoms with E-state index in [1.54, 1.807) is 30.3 Å². The van der Waals surface area contributed by atoms with Crippen LogP contribution in [0.4, 0.5) is 13.9 Å². The van der Waals surface area contributed by atoms with Crippen molar-refractivity contribution in [3.05, 3.63) is 82.4 Å². The Bertz CT molecular complexity index is 1420. The molecule has 0 fully saturated rings. The van der Waals surface area contributed by atoms with E-state index in [-0.39, 0.29) is 35.8 Å². The number of methoxy groups -OCH3 is 1. The third-order valence-corrected chi connectivity index (χ3v) is 7.31. The molecule has 5 N–H and O–H groups in total. The van der Waals surface area contributed by atoms with Crippen LogP contribution in [0.5, 0.6) is 0 Å². The SMILES string of the molecule is COCC[C@@H](NC(=O)c1ccccc1)[C@@H](O)[C@H](O)[C@H](Cc1cc(F)cc(F)c1)NC(=O)c1csc(NS(C)(=O)=O)n1. The molecule has 11 nitrogen and oxygen atoms in total. The van der Waals surface area contributed by atoms with E-state index in [2.05, 4.69) is 20.3 Å². The highest BCUT2D eigenvalue weighted by molar-refractivity contribution is 7.92. The van der Waals surface area contributed by atoms with Crippen LogP contribution in [0.1, 0.15) is 32.8 Å². The average Bonchev–Trinajstić information content (AvgIpc) is 3.36. The molecule has 0 saturated carbocycles. The van der Waals surface area contributed by atoms with Crippen LogP contribution < -0.4 is 15.4 Å². The van der Waals surface area contributed by atoms with Crippen LogP contribution in [0.15, 0.2) is 53.9 Å². The van der Waals surface area contributed by atoms with Crippen LogP contribution in [-0.4, -0.2) is 79.7 Å². The molecule has 3 rings (SSSR count).